The molecule has 2 amide bonds. The van der Waals surface area contributed by atoms with Crippen molar-refractivity contribution in [1.82, 2.24) is 9.80 Å². The average Bonchev–Trinajstić information content (AvgIpc) is 2.69. The molecule has 1 N–H and O–H groups in total. The highest BCUT2D eigenvalue weighted by Gasteiger charge is 2.28. The molecule has 27 heavy (non-hydrogen) atoms. The Morgan fingerprint density at radius 3 is 2.19 bits per heavy atom. The number of ether oxygens (including phenoxy) is 1. The standard InChI is InChI=1S/C21H24N2O4/c1-15-5-3-4-6-19(15)21(26)23-13-11-22(12-14-23)20(25)16(2)27-18-9-7-17(24)8-10-18/h3-10,16,24H,11-14H2,1-2H3. The Labute approximate surface area is 159 Å². The van der Waals surface area contributed by atoms with Gasteiger partial charge in [0.2, 0.25) is 0 Å². The van der Waals surface area contributed by atoms with E-state index in [0.717, 1.165) is 5.56 Å². The Morgan fingerprint density at radius 1 is 0.963 bits per heavy atom. The molecule has 1 atom stereocenters. The highest BCUT2D eigenvalue weighted by Crippen LogP contribution is 2.18. The van der Waals surface area contributed by atoms with Crippen LogP contribution in [0.2, 0.25) is 0 Å². The van der Waals surface area contributed by atoms with E-state index >= 15 is 0 Å². The number of phenolic OH excluding ortho intramolecular Hbond substituents is 1. The summed E-state index contributed by atoms with van der Waals surface area (Å²) in [4.78, 5) is 28.8. The molecule has 1 aliphatic heterocycles. The molecular weight excluding hydrogens is 344 g/mol. The summed E-state index contributed by atoms with van der Waals surface area (Å²) in [5.74, 6) is 0.581. The minimum Gasteiger partial charge on any atom is -0.508 e. The Kier molecular flexibility index (Phi) is 5.64. The van der Waals surface area contributed by atoms with Crippen LogP contribution in [0, 0.1) is 6.92 Å². The first-order chi connectivity index (χ1) is 13.0. The van der Waals surface area contributed by atoms with Crippen molar-refractivity contribution in [2.24, 2.45) is 0 Å². The lowest BCUT2D eigenvalue weighted by molar-refractivity contribution is -0.139. The van der Waals surface area contributed by atoms with Crippen LogP contribution >= 0.6 is 0 Å². The van der Waals surface area contributed by atoms with E-state index in [-0.39, 0.29) is 17.6 Å². The predicted molar refractivity (Wildman–Crippen MR) is 102 cm³/mol. The van der Waals surface area contributed by atoms with Gasteiger partial charge >= 0.3 is 0 Å². The lowest BCUT2D eigenvalue weighted by Crippen LogP contribution is -2.53. The summed E-state index contributed by atoms with van der Waals surface area (Å²) < 4.78 is 5.66. The zero-order chi connectivity index (χ0) is 19.4. The van der Waals surface area contributed by atoms with Gasteiger partial charge in [0.1, 0.15) is 11.5 Å². The van der Waals surface area contributed by atoms with Gasteiger partial charge in [-0.3, -0.25) is 9.59 Å². The van der Waals surface area contributed by atoms with E-state index in [2.05, 4.69) is 0 Å². The maximum atomic E-state index is 12.7. The minimum absolute atomic E-state index is 0.00795. The van der Waals surface area contributed by atoms with Crippen molar-refractivity contribution in [2.45, 2.75) is 20.0 Å². The molecule has 2 aromatic carbocycles. The van der Waals surface area contributed by atoms with Crippen LogP contribution < -0.4 is 4.74 Å². The van der Waals surface area contributed by atoms with Crippen LogP contribution in [0.25, 0.3) is 0 Å². The molecule has 0 aliphatic carbocycles. The van der Waals surface area contributed by atoms with Crippen LogP contribution in [0.4, 0.5) is 0 Å². The summed E-state index contributed by atoms with van der Waals surface area (Å²) in [5, 5.41) is 9.31. The fraction of sp³-hybridized carbons (Fsp3) is 0.333. The van der Waals surface area contributed by atoms with Crippen molar-refractivity contribution in [3.05, 3.63) is 59.7 Å². The number of carbonyl (C=O) groups is 2. The summed E-state index contributed by atoms with van der Waals surface area (Å²) in [6.07, 6.45) is -0.631. The molecule has 6 nitrogen and oxygen atoms in total. The number of piperazine rings is 1. The van der Waals surface area contributed by atoms with E-state index in [1.54, 1.807) is 28.9 Å². The van der Waals surface area contributed by atoms with Gasteiger partial charge in [0.25, 0.3) is 11.8 Å². The van der Waals surface area contributed by atoms with Gasteiger partial charge < -0.3 is 19.6 Å². The smallest absolute Gasteiger partial charge is 0.263 e. The third-order valence-electron chi connectivity index (χ3n) is 4.75. The van der Waals surface area contributed by atoms with Crippen molar-refractivity contribution in [3.63, 3.8) is 0 Å². The van der Waals surface area contributed by atoms with Crippen molar-refractivity contribution in [1.29, 1.82) is 0 Å². The molecule has 0 aromatic heterocycles. The lowest BCUT2D eigenvalue weighted by Gasteiger charge is -2.36. The molecule has 3 rings (SSSR count). The molecule has 0 bridgehead atoms. The van der Waals surface area contributed by atoms with Crippen molar-refractivity contribution in [2.75, 3.05) is 26.2 Å². The molecule has 0 spiro atoms. The fourth-order valence-corrected chi connectivity index (χ4v) is 3.15. The molecule has 1 unspecified atom stereocenters. The second-order valence-electron chi connectivity index (χ2n) is 6.69. The molecular formula is C21H24N2O4. The molecule has 1 saturated heterocycles. The Morgan fingerprint density at radius 2 is 1.56 bits per heavy atom. The first kappa shape index (κ1) is 18.8. The van der Waals surface area contributed by atoms with E-state index < -0.39 is 6.10 Å². The van der Waals surface area contributed by atoms with Crippen LogP contribution in [-0.4, -0.2) is 59.0 Å². The minimum atomic E-state index is -0.631. The van der Waals surface area contributed by atoms with E-state index in [1.165, 1.54) is 12.1 Å². The van der Waals surface area contributed by atoms with Gasteiger partial charge in [0.05, 0.1) is 0 Å². The fourth-order valence-electron chi connectivity index (χ4n) is 3.15. The number of aryl methyl sites for hydroxylation is 1. The summed E-state index contributed by atoms with van der Waals surface area (Å²) in [6.45, 7) is 5.62. The summed E-state index contributed by atoms with van der Waals surface area (Å²) in [6, 6.07) is 13.8. The third kappa shape index (κ3) is 4.39. The maximum Gasteiger partial charge on any atom is 0.263 e. The number of phenols is 1. The zero-order valence-electron chi connectivity index (χ0n) is 15.6. The largest absolute Gasteiger partial charge is 0.508 e. The molecule has 2 aromatic rings. The van der Waals surface area contributed by atoms with Crippen LogP contribution in [0.5, 0.6) is 11.5 Å². The highest BCUT2D eigenvalue weighted by molar-refractivity contribution is 5.95. The number of hydrogen-bond acceptors (Lipinski definition) is 4. The number of nitrogens with zero attached hydrogens (tertiary/aromatic N) is 2. The van der Waals surface area contributed by atoms with Gasteiger partial charge in [-0.15, -0.1) is 0 Å². The molecule has 142 valence electrons. The van der Waals surface area contributed by atoms with E-state index in [9.17, 15) is 14.7 Å². The number of benzene rings is 2. The van der Waals surface area contributed by atoms with Crippen LogP contribution in [0.1, 0.15) is 22.8 Å². The van der Waals surface area contributed by atoms with Crippen molar-refractivity contribution in [3.8, 4) is 11.5 Å². The first-order valence-corrected chi connectivity index (χ1v) is 9.05. The monoisotopic (exact) mass is 368 g/mol. The molecule has 0 saturated carbocycles. The molecule has 6 heteroatoms. The molecule has 0 radical (unpaired) electrons. The number of carbonyl (C=O) groups excluding carboxylic acids is 2. The number of rotatable bonds is 4. The van der Waals surface area contributed by atoms with Crippen molar-refractivity contribution >= 4 is 11.8 Å². The second-order valence-corrected chi connectivity index (χ2v) is 6.69. The Hall–Kier alpha value is -3.02. The second kappa shape index (κ2) is 8.12. The van der Waals surface area contributed by atoms with Gasteiger partial charge in [-0.1, -0.05) is 18.2 Å². The topological polar surface area (TPSA) is 70.1 Å². The highest BCUT2D eigenvalue weighted by atomic mass is 16.5. The summed E-state index contributed by atoms with van der Waals surface area (Å²) >= 11 is 0. The van der Waals surface area contributed by atoms with Gasteiger partial charge in [0, 0.05) is 31.7 Å². The van der Waals surface area contributed by atoms with Crippen LogP contribution in [0.15, 0.2) is 48.5 Å². The summed E-state index contributed by atoms with van der Waals surface area (Å²) in [7, 11) is 0. The number of hydrogen-bond donors (Lipinski definition) is 1. The molecule has 1 heterocycles. The van der Waals surface area contributed by atoms with E-state index in [1.807, 2.05) is 31.2 Å². The normalized spacial score (nSPS) is 15.3. The quantitative estimate of drug-likeness (QED) is 0.900. The lowest BCUT2D eigenvalue weighted by atomic mass is 10.1. The first-order valence-electron chi connectivity index (χ1n) is 9.05. The third-order valence-corrected chi connectivity index (χ3v) is 4.75. The van der Waals surface area contributed by atoms with Gasteiger partial charge in [-0.05, 0) is 49.7 Å². The average molecular weight is 368 g/mol. The molecule has 1 fully saturated rings. The van der Waals surface area contributed by atoms with Crippen LogP contribution in [-0.2, 0) is 4.79 Å². The number of amides is 2. The predicted octanol–water partition coefficient (Wildman–Crippen LogP) is 2.45. The maximum absolute atomic E-state index is 12.7. The van der Waals surface area contributed by atoms with Crippen LogP contribution in [0.3, 0.4) is 0 Å². The Balaban J connectivity index is 1.55. The van der Waals surface area contributed by atoms with Crippen molar-refractivity contribution < 1.29 is 19.4 Å². The van der Waals surface area contributed by atoms with Gasteiger partial charge in [-0.25, -0.2) is 0 Å². The van der Waals surface area contributed by atoms with E-state index in [4.69, 9.17) is 4.74 Å². The zero-order valence-corrected chi connectivity index (χ0v) is 15.6. The van der Waals surface area contributed by atoms with Gasteiger partial charge in [0.15, 0.2) is 6.10 Å². The van der Waals surface area contributed by atoms with E-state index in [0.29, 0.717) is 37.5 Å². The SMILES string of the molecule is Cc1ccccc1C(=O)N1CCN(C(=O)C(C)Oc2ccc(O)cc2)CC1. The Bertz CT molecular complexity index is 811. The number of aromatic hydroxyl groups is 1. The van der Waals surface area contributed by atoms with Gasteiger partial charge in [-0.2, -0.15) is 0 Å². The molecule has 1 aliphatic rings. The summed E-state index contributed by atoms with van der Waals surface area (Å²) in [5.41, 5.74) is 1.67.